The van der Waals surface area contributed by atoms with Crippen LogP contribution >= 0.6 is 34.3 Å². The van der Waals surface area contributed by atoms with Gasteiger partial charge < -0.3 is 10.2 Å². The van der Waals surface area contributed by atoms with Crippen LogP contribution in [0.5, 0.6) is 0 Å². The molecule has 0 saturated carbocycles. The van der Waals surface area contributed by atoms with Crippen molar-refractivity contribution in [3.05, 3.63) is 21.8 Å². The second kappa shape index (κ2) is 8.09. The summed E-state index contributed by atoms with van der Waals surface area (Å²) in [4.78, 5) is 31.3. The number of anilines is 1. The van der Waals surface area contributed by atoms with Crippen molar-refractivity contribution in [3.63, 3.8) is 0 Å². The monoisotopic (exact) mass is 383 g/mol. The molecule has 1 aliphatic heterocycles. The van der Waals surface area contributed by atoms with Gasteiger partial charge in [0, 0.05) is 18.3 Å². The highest BCUT2D eigenvalue weighted by molar-refractivity contribution is 7.20. The van der Waals surface area contributed by atoms with Crippen LogP contribution < -0.4 is 5.32 Å². The Labute approximate surface area is 153 Å². The van der Waals surface area contributed by atoms with Gasteiger partial charge in [0.1, 0.15) is 0 Å². The highest BCUT2D eigenvalue weighted by Gasteiger charge is 2.19. The normalized spacial score (nSPS) is 15.9. The molecule has 3 heterocycles. The topological polar surface area (TPSA) is 62.3 Å². The second-order valence-electron chi connectivity index (χ2n) is 5.67. The van der Waals surface area contributed by atoms with Gasteiger partial charge in [-0.3, -0.25) is 9.59 Å². The average Bonchev–Trinajstić information content (AvgIpc) is 3.16. The van der Waals surface area contributed by atoms with Gasteiger partial charge >= 0.3 is 0 Å². The van der Waals surface area contributed by atoms with E-state index in [1.165, 1.54) is 22.7 Å². The summed E-state index contributed by atoms with van der Waals surface area (Å²) in [5.41, 5.74) is 0.800. The number of hydrogen-bond donors (Lipinski definition) is 1. The zero-order chi connectivity index (χ0) is 16.9. The molecule has 0 bridgehead atoms. The number of carbonyl (C=O) groups is 2. The largest absolute Gasteiger partial charge is 0.333 e. The van der Waals surface area contributed by atoms with Gasteiger partial charge in [0.15, 0.2) is 5.13 Å². The van der Waals surface area contributed by atoms with Crippen molar-refractivity contribution in [1.82, 2.24) is 9.88 Å². The first kappa shape index (κ1) is 17.4. The smallest absolute Gasteiger partial charge is 0.245 e. The van der Waals surface area contributed by atoms with Crippen LogP contribution in [0.1, 0.15) is 32.1 Å². The number of thiazole rings is 1. The van der Waals surface area contributed by atoms with Crippen molar-refractivity contribution in [2.75, 3.05) is 18.4 Å². The minimum Gasteiger partial charge on any atom is -0.333 e. The summed E-state index contributed by atoms with van der Waals surface area (Å²) in [6, 6.07) is 3.74. The van der Waals surface area contributed by atoms with Gasteiger partial charge in [-0.2, -0.15) is 0 Å². The Balaban J connectivity index is 1.58. The van der Waals surface area contributed by atoms with Gasteiger partial charge in [0.2, 0.25) is 11.8 Å². The standard InChI is InChI=1S/C16H18ClN3O2S2/c17-13-7-6-12(24-13)11-10-23-16(18-11)19-14(21)9-20-8-4-2-1-3-5-15(20)22/h6-7,10H,1-5,8-9H2,(H,18,19,21). The summed E-state index contributed by atoms with van der Waals surface area (Å²) in [5.74, 6) is -0.132. The Morgan fingerprint density at radius 2 is 2.12 bits per heavy atom. The van der Waals surface area contributed by atoms with E-state index in [4.69, 9.17) is 11.6 Å². The molecule has 0 radical (unpaired) electrons. The van der Waals surface area contributed by atoms with E-state index in [1.54, 1.807) is 4.90 Å². The molecule has 5 nitrogen and oxygen atoms in total. The van der Waals surface area contributed by atoms with Gasteiger partial charge in [0.05, 0.1) is 21.5 Å². The Morgan fingerprint density at radius 3 is 2.92 bits per heavy atom. The second-order valence-corrected chi connectivity index (χ2v) is 8.24. The molecule has 1 aliphatic rings. The Hall–Kier alpha value is -1.44. The highest BCUT2D eigenvalue weighted by atomic mass is 35.5. The van der Waals surface area contributed by atoms with Crippen LogP contribution in [0.3, 0.4) is 0 Å². The number of nitrogens with one attached hydrogen (secondary N) is 1. The van der Waals surface area contributed by atoms with E-state index in [-0.39, 0.29) is 18.4 Å². The molecule has 1 N–H and O–H groups in total. The first-order valence-electron chi connectivity index (χ1n) is 7.91. The molecule has 0 aromatic carbocycles. The van der Waals surface area contributed by atoms with Crippen molar-refractivity contribution >= 4 is 51.2 Å². The molecule has 0 unspecified atom stereocenters. The number of thiophene rings is 1. The molecule has 1 saturated heterocycles. The van der Waals surface area contributed by atoms with Crippen LogP contribution in [0.25, 0.3) is 10.6 Å². The molecule has 2 amide bonds. The zero-order valence-corrected chi connectivity index (χ0v) is 15.5. The van der Waals surface area contributed by atoms with Crippen LogP contribution in [-0.2, 0) is 9.59 Å². The number of hydrogen-bond acceptors (Lipinski definition) is 5. The molecular weight excluding hydrogens is 366 g/mol. The number of amides is 2. The minimum absolute atomic E-state index is 0.0675. The van der Waals surface area contributed by atoms with E-state index in [1.807, 2.05) is 17.5 Å². The molecule has 0 aliphatic carbocycles. The first-order valence-corrected chi connectivity index (χ1v) is 9.98. The predicted molar refractivity (Wildman–Crippen MR) is 98.7 cm³/mol. The average molecular weight is 384 g/mol. The molecular formula is C16H18ClN3O2S2. The van der Waals surface area contributed by atoms with E-state index in [9.17, 15) is 9.59 Å². The van der Waals surface area contributed by atoms with Crippen molar-refractivity contribution in [2.24, 2.45) is 0 Å². The number of nitrogens with zero attached hydrogens (tertiary/aromatic N) is 2. The maximum absolute atomic E-state index is 12.2. The first-order chi connectivity index (χ1) is 11.6. The molecule has 0 atom stereocenters. The fourth-order valence-electron chi connectivity index (χ4n) is 2.61. The summed E-state index contributed by atoms with van der Waals surface area (Å²) in [6.45, 7) is 0.752. The fourth-order valence-corrected chi connectivity index (χ4v) is 4.42. The highest BCUT2D eigenvalue weighted by Crippen LogP contribution is 2.32. The summed E-state index contributed by atoms with van der Waals surface area (Å²) < 4.78 is 0.708. The Kier molecular flexibility index (Phi) is 5.86. The zero-order valence-electron chi connectivity index (χ0n) is 13.1. The molecule has 8 heteroatoms. The number of halogens is 1. The Morgan fingerprint density at radius 1 is 1.29 bits per heavy atom. The minimum atomic E-state index is -0.200. The Bertz CT molecular complexity index is 728. The SMILES string of the molecule is O=C(CN1CCCCCCC1=O)Nc1nc(-c2ccc(Cl)s2)cs1. The molecule has 2 aromatic heterocycles. The van der Waals surface area contributed by atoms with Crippen LogP contribution in [0.2, 0.25) is 4.34 Å². The van der Waals surface area contributed by atoms with Crippen LogP contribution in [0.15, 0.2) is 17.5 Å². The van der Waals surface area contributed by atoms with Crippen molar-refractivity contribution < 1.29 is 9.59 Å². The molecule has 128 valence electrons. The lowest BCUT2D eigenvalue weighted by molar-refractivity contribution is -0.135. The van der Waals surface area contributed by atoms with Gasteiger partial charge in [-0.1, -0.05) is 24.4 Å². The maximum atomic E-state index is 12.2. The molecule has 0 spiro atoms. The third-order valence-electron chi connectivity index (χ3n) is 3.83. The van der Waals surface area contributed by atoms with Crippen LogP contribution in [0, 0.1) is 0 Å². The summed E-state index contributed by atoms with van der Waals surface area (Å²) >= 11 is 8.75. The molecule has 3 rings (SSSR count). The van der Waals surface area contributed by atoms with Crippen LogP contribution in [-0.4, -0.2) is 34.8 Å². The molecule has 1 fully saturated rings. The summed E-state index contributed by atoms with van der Waals surface area (Å²) in [6.07, 6.45) is 4.62. The van der Waals surface area contributed by atoms with Gasteiger partial charge in [-0.15, -0.1) is 22.7 Å². The van der Waals surface area contributed by atoms with E-state index in [2.05, 4.69) is 10.3 Å². The van der Waals surface area contributed by atoms with Crippen molar-refractivity contribution in [2.45, 2.75) is 32.1 Å². The summed E-state index contributed by atoms with van der Waals surface area (Å²) in [5, 5.41) is 5.22. The van der Waals surface area contributed by atoms with Gasteiger partial charge in [-0.05, 0) is 25.0 Å². The van der Waals surface area contributed by atoms with E-state index in [0.717, 1.165) is 36.3 Å². The number of rotatable bonds is 4. The summed E-state index contributed by atoms with van der Waals surface area (Å²) in [7, 11) is 0. The van der Waals surface area contributed by atoms with Crippen molar-refractivity contribution in [3.8, 4) is 10.6 Å². The van der Waals surface area contributed by atoms with Gasteiger partial charge in [-0.25, -0.2) is 4.98 Å². The third-order valence-corrected chi connectivity index (χ3v) is 5.84. The van der Waals surface area contributed by atoms with Crippen LogP contribution in [0.4, 0.5) is 5.13 Å². The quantitative estimate of drug-likeness (QED) is 0.858. The number of carbonyl (C=O) groups excluding carboxylic acids is 2. The fraction of sp³-hybridized carbons (Fsp3) is 0.438. The maximum Gasteiger partial charge on any atom is 0.245 e. The predicted octanol–water partition coefficient (Wildman–Crippen LogP) is 4.26. The lowest BCUT2D eigenvalue weighted by atomic mass is 10.1. The lowest BCUT2D eigenvalue weighted by Gasteiger charge is -2.23. The van der Waals surface area contributed by atoms with Crippen molar-refractivity contribution in [1.29, 1.82) is 0 Å². The molecule has 24 heavy (non-hydrogen) atoms. The van der Waals surface area contributed by atoms with E-state index < -0.39 is 0 Å². The van der Waals surface area contributed by atoms with Gasteiger partial charge in [0.25, 0.3) is 0 Å². The third kappa shape index (κ3) is 4.55. The number of aromatic nitrogens is 1. The number of likely N-dealkylation sites (tertiary alicyclic amines) is 1. The lowest BCUT2D eigenvalue weighted by Crippen LogP contribution is -2.39. The molecule has 2 aromatic rings. The van der Waals surface area contributed by atoms with E-state index in [0.29, 0.717) is 22.4 Å². The van der Waals surface area contributed by atoms with E-state index >= 15 is 0 Å².